The summed E-state index contributed by atoms with van der Waals surface area (Å²) in [5, 5.41) is 2.79. The van der Waals surface area contributed by atoms with E-state index in [2.05, 4.69) is 5.32 Å². The molecule has 0 radical (unpaired) electrons. The van der Waals surface area contributed by atoms with Crippen LogP contribution in [0.2, 0.25) is 0 Å². The number of hydrogen-bond acceptors (Lipinski definition) is 4. The summed E-state index contributed by atoms with van der Waals surface area (Å²) in [6.07, 6.45) is 5.22. The summed E-state index contributed by atoms with van der Waals surface area (Å²) < 4.78 is 5.19. The van der Waals surface area contributed by atoms with Gasteiger partial charge in [-0.25, -0.2) is 10.7 Å². The van der Waals surface area contributed by atoms with Crippen molar-refractivity contribution in [1.82, 2.24) is 5.32 Å². The predicted octanol–water partition coefficient (Wildman–Crippen LogP) is 2.35. The third-order valence-corrected chi connectivity index (χ3v) is 3.38. The molecular weight excluding hydrogens is 232 g/mol. The molecule has 1 aliphatic rings. The first-order valence-corrected chi connectivity index (χ1v) is 6.65. The second-order valence-electron chi connectivity index (χ2n) is 6.20. The molecule has 18 heavy (non-hydrogen) atoms. The first-order chi connectivity index (χ1) is 8.37. The maximum absolute atomic E-state index is 11.5. The molecule has 0 bridgehead atoms. The Morgan fingerprint density at radius 3 is 2.44 bits per heavy atom. The molecule has 1 amide bonds. The minimum absolute atomic E-state index is 0.143. The summed E-state index contributed by atoms with van der Waals surface area (Å²) >= 11 is 0. The lowest BCUT2D eigenvalue weighted by molar-refractivity contribution is 0.0365. The van der Waals surface area contributed by atoms with Gasteiger partial charge in [0.25, 0.3) is 0 Å². The number of carbonyl (C=O) groups excluding carboxylic acids is 1. The van der Waals surface area contributed by atoms with Gasteiger partial charge in [-0.15, -0.1) is 0 Å². The van der Waals surface area contributed by atoms with E-state index in [0.29, 0.717) is 13.2 Å². The zero-order chi connectivity index (χ0) is 13.6. The molecule has 5 nitrogen and oxygen atoms in total. The van der Waals surface area contributed by atoms with Crippen molar-refractivity contribution < 1.29 is 14.4 Å². The summed E-state index contributed by atoms with van der Waals surface area (Å²) in [5.74, 6) is 5.20. The summed E-state index contributed by atoms with van der Waals surface area (Å²) in [5.41, 5.74) is -0.306. The van der Waals surface area contributed by atoms with E-state index in [9.17, 15) is 4.79 Å². The second-order valence-corrected chi connectivity index (χ2v) is 6.20. The molecule has 0 aromatic carbocycles. The molecule has 1 fully saturated rings. The smallest absolute Gasteiger partial charge is 0.407 e. The normalized spacial score (nSPS) is 18.7. The third kappa shape index (κ3) is 5.23. The van der Waals surface area contributed by atoms with E-state index in [1.165, 1.54) is 12.8 Å². The fourth-order valence-electron chi connectivity index (χ4n) is 2.51. The maximum atomic E-state index is 11.5. The van der Waals surface area contributed by atoms with Crippen molar-refractivity contribution in [3.63, 3.8) is 0 Å². The first-order valence-electron chi connectivity index (χ1n) is 6.65. The van der Waals surface area contributed by atoms with Gasteiger partial charge in [0.15, 0.2) is 0 Å². The van der Waals surface area contributed by atoms with E-state index in [-0.39, 0.29) is 11.5 Å². The van der Waals surface area contributed by atoms with Crippen LogP contribution in [0.4, 0.5) is 4.79 Å². The number of ether oxygens (including phenoxy) is 1. The molecule has 0 aromatic heterocycles. The number of rotatable bonds is 5. The maximum Gasteiger partial charge on any atom is 0.407 e. The van der Waals surface area contributed by atoms with Crippen LogP contribution in [0, 0.1) is 5.41 Å². The van der Waals surface area contributed by atoms with Crippen molar-refractivity contribution in [2.75, 3.05) is 13.2 Å². The second kappa shape index (κ2) is 6.38. The lowest BCUT2D eigenvalue weighted by Crippen LogP contribution is -2.36. The molecule has 1 aliphatic carbocycles. The topological polar surface area (TPSA) is 73.6 Å². The summed E-state index contributed by atoms with van der Waals surface area (Å²) in [6, 6.07) is 0. The van der Waals surface area contributed by atoms with Crippen LogP contribution < -0.4 is 11.2 Å². The Hall–Kier alpha value is -0.810. The van der Waals surface area contributed by atoms with Crippen LogP contribution in [0.25, 0.3) is 0 Å². The predicted molar refractivity (Wildman–Crippen MR) is 69.9 cm³/mol. The number of alkyl carbamates (subject to hydrolysis) is 1. The Labute approximate surface area is 109 Å². The van der Waals surface area contributed by atoms with Gasteiger partial charge in [-0.1, -0.05) is 12.8 Å². The Kier molecular flexibility index (Phi) is 5.41. The first kappa shape index (κ1) is 15.2. The number of amides is 1. The number of nitrogens with one attached hydrogen (secondary N) is 1. The summed E-state index contributed by atoms with van der Waals surface area (Å²) in [7, 11) is 0. The quantitative estimate of drug-likeness (QED) is 0.742. The van der Waals surface area contributed by atoms with Gasteiger partial charge >= 0.3 is 6.09 Å². The van der Waals surface area contributed by atoms with Crippen LogP contribution in [0.15, 0.2) is 0 Å². The van der Waals surface area contributed by atoms with Crippen molar-refractivity contribution >= 4 is 6.09 Å². The molecule has 0 atom stereocenters. The van der Waals surface area contributed by atoms with Crippen molar-refractivity contribution in [2.45, 2.75) is 58.5 Å². The Morgan fingerprint density at radius 1 is 1.33 bits per heavy atom. The van der Waals surface area contributed by atoms with Gasteiger partial charge in [0.05, 0.1) is 6.61 Å². The molecule has 5 heteroatoms. The van der Waals surface area contributed by atoms with Crippen LogP contribution >= 0.6 is 0 Å². The molecule has 3 N–H and O–H groups in total. The summed E-state index contributed by atoms with van der Waals surface area (Å²) in [4.78, 5) is 16.3. The van der Waals surface area contributed by atoms with E-state index < -0.39 is 5.60 Å². The largest absolute Gasteiger partial charge is 0.444 e. The Bertz CT molecular complexity index is 268. The van der Waals surface area contributed by atoms with Gasteiger partial charge in [0.2, 0.25) is 0 Å². The van der Waals surface area contributed by atoms with Crippen LogP contribution in [0.5, 0.6) is 0 Å². The fraction of sp³-hybridized carbons (Fsp3) is 0.923. The lowest BCUT2D eigenvalue weighted by atomic mass is 9.84. The Balaban J connectivity index is 2.29. The van der Waals surface area contributed by atoms with Gasteiger partial charge in [-0.05, 0) is 45.4 Å². The molecule has 106 valence electrons. The lowest BCUT2D eigenvalue weighted by Gasteiger charge is -2.28. The monoisotopic (exact) mass is 258 g/mol. The van der Waals surface area contributed by atoms with Crippen molar-refractivity contribution in [2.24, 2.45) is 11.3 Å². The van der Waals surface area contributed by atoms with E-state index >= 15 is 0 Å². The average molecular weight is 258 g/mol. The number of nitrogens with two attached hydrogens (primary N) is 1. The summed E-state index contributed by atoms with van der Waals surface area (Å²) in [6.45, 7) is 6.75. The van der Waals surface area contributed by atoms with Crippen LogP contribution in [0.1, 0.15) is 52.9 Å². The fourth-order valence-corrected chi connectivity index (χ4v) is 2.51. The molecule has 0 unspecified atom stereocenters. The highest BCUT2D eigenvalue weighted by molar-refractivity contribution is 5.67. The minimum atomic E-state index is -0.449. The molecule has 1 saturated carbocycles. The standard InChI is InChI=1S/C13H26N2O3/c1-12(2,3)18-11(16)15-9-8-13(10-17-14)6-4-5-7-13/h4-10,14H2,1-3H3,(H,15,16). The van der Waals surface area contributed by atoms with Gasteiger partial charge in [0, 0.05) is 6.54 Å². The zero-order valence-corrected chi connectivity index (χ0v) is 11.8. The van der Waals surface area contributed by atoms with E-state index in [0.717, 1.165) is 19.3 Å². The SMILES string of the molecule is CC(C)(C)OC(=O)NCCC1(CON)CCCC1. The molecular formula is C13H26N2O3. The molecule has 1 rings (SSSR count). The van der Waals surface area contributed by atoms with Gasteiger partial charge in [-0.2, -0.15) is 0 Å². The Morgan fingerprint density at radius 2 is 1.94 bits per heavy atom. The highest BCUT2D eigenvalue weighted by Gasteiger charge is 2.33. The number of hydrogen-bond donors (Lipinski definition) is 2. The third-order valence-electron chi connectivity index (χ3n) is 3.38. The molecule has 0 spiro atoms. The molecule has 0 heterocycles. The minimum Gasteiger partial charge on any atom is -0.444 e. The molecule has 0 aromatic rings. The van der Waals surface area contributed by atoms with Crippen LogP contribution in [0.3, 0.4) is 0 Å². The van der Waals surface area contributed by atoms with E-state index in [1.54, 1.807) is 0 Å². The van der Waals surface area contributed by atoms with Crippen molar-refractivity contribution in [3.05, 3.63) is 0 Å². The molecule has 0 saturated heterocycles. The van der Waals surface area contributed by atoms with Crippen LogP contribution in [-0.2, 0) is 9.57 Å². The average Bonchev–Trinajstić information content (AvgIpc) is 2.64. The van der Waals surface area contributed by atoms with Gasteiger partial charge in [0.1, 0.15) is 5.60 Å². The highest BCUT2D eigenvalue weighted by Crippen LogP contribution is 2.40. The van der Waals surface area contributed by atoms with Crippen LogP contribution in [-0.4, -0.2) is 24.8 Å². The number of carbonyl (C=O) groups is 1. The van der Waals surface area contributed by atoms with Crippen molar-refractivity contribution in [1.29, 1.82) is 0 Å². The van der Waals surface area contributed by atoms with Crippen molar-refractivity contribution in [3.8, 4) is 0 Å². The van der Waals surface area contributed by atoms with Gasteiger partial charge in [-0.3, -0.25) is 0 Å². The zero-order valence-electron chi connectivity index (χ0n) is 11.8. The molecule has 0 aliphatic heterocycles. The van der Waals surface area contributed by atoms with E-state index in [1.807, 2.05) is 20.8 Å². The van der Waals surface area contributed by atoms with E-state index in [4.69, 9.17) is 15.5 Å². The van der Waals surface area contributed by atoms with Gasteiger partial charge < -0.3 is 14.9 Å². The highest BCUT2D eigenvalue weighted by atomic mass is 16.6.